The second-order valence-corrected chi connectivity index (χ2v) is 7.76. The van der Waals surface area contributed by atoms with Crippen molar-refractivity contribution < 1.29 is 4.79 Å². The summed E-state index contributed by atoms with van der Waals surface area (Å²) in [5, 5.41) is 9.80. The number of nitrogens with two attached hydrogens (primary N) is 1. The molecule has 1 aromatic carbocycles. The Balaban J connectivity index is 1.61. The minimum Gasteiger partial charge on any atom is -0.382 e. The van der Waals surface area contributed by atoms with Gasteiger partial charge in [-0.1, -0.05) is 30.3 Å². The van der Waals surface area contributed by atoms with E-state index in [2.05, 4.69) is 39.8 Å². The van der Waals surface area contributed by atoms with E-state index in [9.17, 15) is 4.79 Å². The zero-order valence-electron chi connectivity index (χ0n) is 14.6. The summed E-state index contributed by atoms with van der Waals surface area (Å²) in [7, 11) is 0. The smallest absolute Gasteiger partial charge is 0.271 e. The molecule has 0 saturated carbocycles. The molecule has 6 nitrogen and oxygen atoms in total. The molecule has 3 N–H and O–H groups in total. The van der Waals surface area contributed by atoms with Crippen LogP contribution in [0.25, 0.3) is 0 Å². The third kappa shape index (κ3) is 2.88. The van der Waals surface area contributed by atoms with E-state index in [0.29, 0.717) is 24.6 Å². The van der Waals surface area contributed by atoms with Crippen LogP contribution in [-0.2, 0) is 5.41 Å². The number of piperidine rings is 1. The van der Waals surface area contributed by atoms with Gasteiger partial charge in [-0.15, -0.1) is 11.3 Å². The Labute approximate surface area is 156 Å². The normalized spacial score (nSPS) is 16.6. The van der Waals surface area contributed by atoms with E-state index in [1.807, 2.05) is 17.9 Å². The minimum atomic E-state index is -0.143. The first-order valence-electron chi connectivity index (χ1n) is 8.67. The minimum absolute atomic E-state index is 0.0506. The van der Waals surface area contributed by atoms with E-state index in [0.717, 1.165) is 23.5 Å². The maximum Gasteiger partial charge on any atom is 0.271 e. The maximum atomic E-state index is 12.7. The van der Waals surface area contributed by atoms with Crippen LogP contribution in [0.1, 0.15) is 39.6 Å². The highest BCUT2D eigenvalue weighted by molar-refractivity contribution is 7.09. The summed E-state index contributed by atoms with van der Waals surface area (Å²) in [6.07, 6.45) is 1.69. The average molecular weight is 367 g/mol. The first kappa shape index (κ1) is 16.8. The number of carbonyl (C=O) groups is 1. The van der Waals surface area contributed by atoms with Crippen molar-refractivity contribution >= 4 is 23.1 Å². The molecule has 0 unspecified atom stereocenters. The predicted octanol–water partition coefficient (Wildman–Crippen LogP) is 2.98. The number of nitrogens with one attached hydrogen (secondary N) is 1. The van der Waals surface area contributed by atoms with E-state index in [1.165, 1.54) is 5.56 Å². The molecule has 0 atom stereocenters. The first-order valence-corrected chi connectivity index (χ1v) is 9.55. The fraction of sp³-hybridized carbons (Fsp3) is 0.316. The quantitative estimate of drug-likeness (QED) is 0.745. The standard InChI is InChI=1S/C19H21N5OS/c1-13-21-16(12-26-13)19(14-5-3-2-4-6-14)7-9-24(10-8-19)18(25)15-11-17(20)23-22-15/h2-6,11-12H,7-10H2,1H3,(H3,20,22,23). The number of hydrogen-bond donors (Lipinski definition) is 2. The van der Waals surface area contributed by atoms with E-state index < -0.39 is 0 Å². The Kier molecular flexibility index (Phi) is 4.24. The molecule has 0 radical (unpaired) electrons. The van der Waals surface area contributed by atoms with E-state index in [-0.39, 0.29) is 11.3 Å². The van der Waals surface area contributed by atoms with Gasteiger partial charge in [-0.3, -0.25) is 9.89 Å². The number of aromatic nitrogens is 3. The Bertz CT molecular complexity index is 909. The number of thiazole rings is 1. The number of nitrogen functional groups attached to an aromatic ring is 1. The van der Waals surface area contributed by atoms with Crippen molar-refractivity contribution in [3.05, 3.63) is 63.7 Å². The number of amides is 1. The Hall–Kier alpha value is -2.67. The number of hydrogen-bond acceptors (Lipinski definition) is 5. The molecule has 7 heteroatoms. The molecule has 0 spiro atoms. The van der Waals surface area contributed by atoms with Crippen molar-refractivity contribution in [3.63, 3.8) is 0 Å². The molecule has 0 bridgehead atoms. The molecule has 1 fully saturated rings. The lowest BCUT2D eigenvalue weighted by atomic mass is 9.70. The van der Waals surface area contributed by atoms with Crippen LogP contribution < -0.4 is 5.73 Å². The fourth-order valence-corrected chi connectivity index (χ4v) is 4.45. The number of aryl methyl sites for hydroxylation is 1. The van der Waals surface area contributed by atoms with Crippen LogP contribution in [0, 0.1) is 6.92 Å². The van der Waals surface area contributed by atoms with Crippen LogP contribution in [0.2, 0.25) is 0 Å². The van der Waals surface area contributed by atoms with Crippen molar-refractivity contribution in [2.45, 2.75) is 25.2 Å². The second-order valence-electron chi connectivity index (χ2n) is 6.70. The highest BCUT2D eigenvalue weighted by Crippen LogP contribution is 2.42. The average Bonchev–Trinajstić information content (AvgIpc) is 3.31. The summed E-state index contributed by atoms with van der Waals surface area (Å²) in [6, 6.07) is 12.1. The molecule has 1 aliphatic rings. The zero-order valence-corrected chi connectivity index (χ0v) is 15.4. The molecule has 2 aromatic heterocycles. The summed E-state index contributed by atoms with van der Waals surface area (Å²) >= 11 is 1.68. The monoisotopic (exact) mass is 367 g/mol. The Morgan fingerprint density at radius 2 is 2.00 bits per heavy atom. The Morgan fingerprint density at radius 3 is 2.58 bits per heavy atom. The largest absolute Gasteiger partial charge is 0.382 e. The van der Waals surface area contributed by atoms with Gasteiger partial charge >= 0.3 is 0 Å². The molecule has 3 heterocycles. The van der Waals surface area contributed by atoms with Gasteiger partial charge in [-0.05, 0) is 25.3 Å². The summed E-state index contributed by atoms with van der Waals surface area (Å²) in [5.41, 5.74) is 8.31. The van der Waals surface area contributed by atoms with E-state index in [4.69, 9.17) is 10.7 Å². The predicted molar refractivity (Wildman–Crippen MR) is 102 cm³/mol. The van der Waals surface area contributed by atoms with Gasteiger partial charge in [0.25, 0.3) is 5.91 Å². The summed E-state index contributed by atoms with van der Waals surface area (Å²) in [5.74, 6) is 0.285. The van der Waals surface area contributed by atoms with Crippen molar-refractivity contribution in [3.8, 4) is 0 Å². The molecule has 0 aliphatic carbocycles. The molecule has 1 aliphatic heterocycles. The lowest BCUT2D eigenvalue weighted by molar-refractivity contribution is 0.0678. The maximum absolute atomic E-state index is 12.7. The van der Waals surface area contributed by atoms with E-state index in [1.54, 1.807) is 17.4 Å². The van der Waals surface area contributed by atoms with Crippen molar-refractivity contribution in [2.24, 2.45) is 0 Å². The number of rotatable bonds is 3. The van der Waals surface area contributed by atoms with Gasteiger partial charge in [-0.2, -0.15) is 5.10 Å². The summed E-state index contributed by atoms with van der Waals surface area (Å²) in [6.45, 7) is 3.38. The van der Waals surface area contributed by atoms with E-state index >= 15 is 0 Å². The van der Waals surface area contributed by atoms with Crippen LogP contribution >= 0.6 is 11.3 Å². The van der Waals surface area contributed by atoms with Crippen LogP contribution in [-0.4, -0.2) is 39.1 Å². The Morgan fingerprint density at radius 1 is 1.27 bits per heavy atom. The summed E-state index contributed by atoms with van der Waals surface area (Å²) in [4.78, 5) is 19.4. The second kappa shape index (κ2) is 6.57. The topological polar surface area (TPSA) is 87.9 Å². The van der Waals surface area contributed by atoms with Crippen LogP contribution in [0.4, 0.5) is 5.82 Å². The third-order valence-electron chi connectivity index (χ3n) is 5.17. The van der Waals surface area contributed by atoms with Crippen LogP contribution in [0.3, 0.4) is 0 Å². The number of likely N-dealkylation sites (tertiary alicyclic amines) is 1. The number of nitrogens with zero attached hydrogens (tertiary/aromatic N) is 3. The van der Waals surface area contributed by atoms with Gasteiger partial charge in [-0.25, -0.2) is 4.98 Å². The molecule has 1 saturated heterocycles. The number of aromatic amines is 1. The fourth-order valence-electron chi connectivity index (χ4n) is 3.74. The number of anilines is 1. The van der Waals surface area contributed by atoms with Crippen molar-refractivity contribution in [1.82, 2.24) is 20.1 Å². The molecular formula is C19H21N5OS. The van der Waals surface area contributed by atoms with Crippen LogP contribution in [0.15, 0.2) is 41.8 Å². The molecule has 26 heavy (non-hydrogen) atoms. The molecule has 1 amide bonds. The number of carbonyl (C=O) groups excluding carboxylic acids is 1. The number of benzene rings is 1. The van der Waals surface area contributed by atoms with Gasteiger partial charge in [0.05, 0.1) is 10.7 Å². The molecule has 3 aromatic rings. The third-order valence-corrected chi connectivity index (χ3v) is 5.94. The molecular weight excluding hydrogens is 346 g/mol. The zero-order chi connectivity index (χ0) is 18.1. The lowest BCUT2D eigenvalue weighted by Crippen LogP contribution is -2.46. The van der Waals surface area contributed by atoms with Crippen LogP contribution in [0.5, 0.6) is 0 Å². The highest BCUT2D eigenvalue weighted by atomic mass is 32.1. The van der Waals surface area contributed by atoms with Gasteiger partial charge < -0.3 is 10.6 Å². The number of H-pyrrole nitrogens is 1. The van der Waals surface area contributed by atoms with Gasteiger partial charge in [0, 0.05) is 30.0 Å². The van der Waals surface area contributed by atoms with Gasteiger partial charge in [0.15, 0.2) is 0 Å². The lowest BCUT2D eigenvalue weighted by Gasteiger charge is -2.41. The summed E-state index contributed by atoms with van der Waals surface area (Å²) < 4.78 is 0. The van der Waals surface area contributed by atoms with Crippen molar-refractivity contribution in [1.29, 1.82) is 0 Å². The molecule has 4 rings (SSSR count). The van der Waals surface area contributed by atoms with Gasteiger partial charge in [0.1, 0.15) is 11.5 Å². The first-order chi connectivity index (χ1) is 12.6. The SMILES string of the molecule is Cc1nc(C2(c3ccccc3)CCN(C(=O)c3cc(N)n[nH]3)CC2)cs1. The highest BCUT2D eigenvalue weighted by Gasteiger charge is 2.40. The van der Waals surface area contributed by atoms with Gasteiger partial charge in [0.2, 0.25) is 0 Å². The molecule has 134 valence electrons. The van der Waals surface area contributed by atoms with Crippen molar-refractivity contribution in [2.75, 3.05) is 18.8 Å².